The molecule has 0 spiro atoms. The largest absolute Gasteiger partial charge is 0.480 e. The van der Waals surface area contributed by atoms with Gasteiger partial charge in [0.15, 0.2) is 0 Å². The molecule has 23 heavy (non-hydrogen) atoms. The highest BCUT2D eigenvalue weighted by Gasteiger charge is 2.22. The van der Waals surface area contributed by atoms with Crippen LogP contribution in [0.3, 0.4) is 0 Å². The second-order valence-electron chi connectivity index (χ2n) is 4.82. The fourth-order valence-corrected chi connectivity index (χ4v) is 2.05. The summed E-state index contributed by atoms with van der Waals surface area (Å²) in [7, 11) is 3.51. The van der Waals surface area contributed by atoms with Crippen molar-refractivity contribution in [2.75, 3.05) is 26.4 Å². The molecular weight excluding hydrogens is 328 g/mol. The number of nitrogens with zero attached hydrogens (tertiary/aromatic N) is 1. The van der Waals surface area contributed by atoms with Crippen LogP contribution in [0, 0.1) is 0 Å². The van der Waals surface area contributed by atoms with Gasteiger partial charge in [-0.2, -0.15) is 0 Å². The average Bonchev–Trinajstić information content (AvgIpc) is 2.45. The zero-order chi connectivity index (χ0) is 18.0. The van der Waals surface area contributed by atoms with Crippen LogP contribution in [0.2, 0.25) is 0 Å². The lowest BCUT2D eigenvalue weighted by Crippen LogP contribution is -2.49. The summed E-state index contributed by atoms with van der Waals surface area (Å²) in [4.78, 5) is 44.7. The third-order valence-electron chi connectivity index (χ3n) is 2.56. The number of aliphatic carboxylic acids is 2. The van der Waals surface area contributed by atoms with Crippen molar-refractivity contribution in [1.29, 1.82) is 0 Å². The lowest BCUT2D eigenvalue weighted by molar-refractivity contribution is -0.139. The van der Waals surface area contributed by atoms with Crippen molar-refractivity contribution in [2.45, 2.75) is 24.9 Å². The number of carboxylic acid groups (broad SMARTS) is 2. The molecule has 0 aromatic rings. The van der Waals surface area contributed by atoms with E-state index in [-0.39, 0.29) is 18.6 Å². The summed E-state index contributed by atoms with van der Waals surface area (Å²) < 4.78 is 1.73. The Balaban J connectivity index is 4.54. The van der Waals surface area contributed by atoms with Crippen molar-refractivity contribution in [2.24, 2.45) is 5.73 Å². The number of carbonyl (C=O) groups excluding carboxylic acids is 2. The highest BCUT2D eigenvalue weighted by Crippen LogP contribution is 2.06. The second-order valence-corrected chi connectivity index (χ2v) is 6.15. The molecular formula is C12H22N4O6S. The molecule has 2 amide bonds. The Morgan fingerprint density at radius 2 is 1.83 bits per heavy atom. The van der Waals surface area contributed by atoms with E-state index in [4.69, 9.17) is 15.9 Å². The first-order valence-corrected chi connectivity index (χ1v) is 7.65. The molecule has 0 unspecified atom stereocenters. The van der Waals surface area contributed by atoms with Crippen LogP contribution in [-0.2, 0) is 19.2 Å². The van der Waals surface area contributed by atoms with Gasteiger partial charge in [0.1, 0.15) is 18.6 Å². The van der Waals surface area contributed by atoms with Gasteiger partial charge in [0.05, 0.1) is 0 Å². The van der Waals surface area contributed by atoms with Gasteiger partial charge >= 0.3 is 11.9 Å². The maximum Gasteiger partial charge on any atom is 0.322 e. The summed E-state index contributed by atoms with van der Waals surface area (Å²) in [6.07, 6.45) is -0.214. The molecule has 2 atom stereocenters. The van der Waals surface area contributed by atoms with E-state index in [2.05, 4.69) is 10.6 Å². The molecule has 0 aromatic carbocycles. The Hall–Kier alpha value is -1.85. The molecule has 0 rings (SSSR count). The predicted molar refractivity (Wildman–Crippen MR) is 83.6 cm³/mol. The van der Waals surface area contributed by atoms with E-state index in [0.29, 0.717) is 0 Å². The second kappa shape index (κ2) is 10.8. The Labute approximate surface area is 137 Å². The number of hydrogen-bond donors (Lipinski definition) is 5. The number of hydrogen-bond acceptors (Lipinski definition) is 7. The van der Waals surface area contributed by atoms with Gasteiger partial charge < -0.3 is 26.6 Å². The summed E-state index contributed by atoms with van der Waals surface area (Å²) >= 11 is 1.26. The zero-order valence-corrected chi connectivity index (χ0v) is 13.8. The molecule has 0 bridgehead atoms. The number of amides is 2. The van der Waals surface area contributed by atoms with Crippen LogP contribution in [0.25, 0.3) is 0 Å². The summed E-state index contributed by atoms with van der Waals surface area (Å²) in [6.45, 7) is -0.554. The zero-order valence-electron chi connectivity index (χ0n) is 12.9. The summed E-state index contributed by atoms with van der Waals surface area (Å²) in [5, 5.41) is 21.8. The molecule has 0 aromatic heterocycles. The summed E-state index contributed by atoms with van der Waals surface area (Å²) in [6, 6.07) is -2.09. The maximum absolute atomic E-state index is 11.9. The summed E-state index contributed by atoms with van der Waals surface area (Å²) in [5.41, 5.74) is 5.30. The lowest BCUT2D eigenvalue weighted by atomic mass is 10.1. The lowest BCUT2D eigenvalue weighted by Gasteiger charge is -2.19. The molecule has 0 saturated carbocycles. The van der Waals surface area contributed by atoms with Crippen LogP contribution < -0.4 is 16.4 Å². The minimum absolute atomic E-state index is 0.0640. The molecule has 6 N–H and O–H groups in total. The first kappa shape index (κ1) is 21.1. The highest BCUT2D eigenvalue weighted by molar-refractivity contribution is 7.97. The van der Waals surface area contributed by atoms with Crippen LogP contribution in [0.4, 0.5) is 0 Å². The first-order chi connectivity index (χ1) is 10.6. The smallest absolute Gasteiger partial charge is 0.322 e. The topological polar surface area (TPSA) is 162 Å². The minimum Gasteiger partial charge on any atom is -0.480 e. The van der Waals surface area contributed by atoms with Crippen molar-refractivity contribution in [3.63, 3.8) is 0 Å². The average molecular weight is 350 g/mol. The quantitative estimate of drug-likeness (QED) is 0.267. The van der Waals surface area contributed by atoms with Gasteiger partial charge in [-0.3, -0.25) is 23.5 Å². The van der Waals surface area contributed by atoms with Gasteiger partial charge in [-0.15, -0.1) is 0 Å². The third-order valence-corrected chi connectivity index (χ3v) is 3.56. The number of carboxylic acids is 2. The number of nitrogens with two attached hydrogens (primary N) is 1. The van der Waals surface area contributed by atoms with E-state index in [1.807, 2.05) is 0 Å². The number of carbonyl (C=O) groups is 4. The molecule has 0 aliphatic heterocycles. The Bertz CT molecular complexity index is 445. The molecule has 11 heteroatoms. The third kappa shape index (κ3) is 10.5. The molecule has 0 aliphatic rings. The minimum atomic E-state index is -1.21. The number of nitrogens with one attached hydrogen (secondary N) is 2. The molecule has 0 fully saturated rings. The van der Waals surface area contributed by atoms with Gasteiger partial charge in [0, 0.05) is 12.2 Å². The fourth-order valence-electron chi connectivity index (χ4n) is 1.37. The molecule has 0 heterocycles. The monoisotopic (exact) mass is 350 g/mol. The number of rotatable bonds is 11. The van der Waals surface area contributed by atoms with E-state index >= 15 is 0 Å². The molecule has 10 nitrogen and oxygen atoms in total. The van der Waals surface area contributed by atoms with Crippen molar-refractivity contribution >= 4 is 35.7 Å². The molecule has 132 valence electrons. The van der Waals surface area contributed by atoms with Crippen molar-refractivity contribution in [3.8, 4) is 0 Å². The van der Waals surface area contributed by atoms with E-state index < -0.39 is 42.4 Å². The van der Waals surface area contributed by atoms with E-state index in [1.165, 1.54) is 11.9 Å². The molecule has 0 aliphatic carbocycles. The highest BCUT2D eigenvalue weighted by atomic mass is 32.2. The van der Waals surface area contributed by atoms with Gasteiger partial charge in [-0.1, -0.05) is 11.9 Å². The van der Waals surface area contributed by atoms with Crippen LogP contribution >= 0.6 is 11.9 Å². The van der Waals surface area contributed by atoms with Crippen LogP contribution in [0.15, 0.2) is 0 Å². The van der Waals surface area contributed by atoms with Gasteiger partial charge in [-0.05, 0) is 20.5 Å². The Morgan fingerprint density at radius 3 is 2.30 bits per heavy atom. The Morgan fingerprint density at radius 1 is 1.22 bits per heavy atom. The van der Waals surface area contributed by atoms with Crippen LogP contribution in [-0.4, -0.2) is 76.7 Å². The predicted octanol–water partition coefficient (Wildman–Crippen LogP) is -1.93. The Kier molecular flexibility index (Phi) is 9.94. The van der Waals surface area contributed by atoms with Gasteiger partial charge in [0.2, 0.25) is 11.8 Å². The van der Waals surface area contributed by atoms with Crippen LogP contribution in [0.5, 0.6) is 0 Å². The summed E-state index contributed by atoms with van der Waals surface area (Å²) in [5.74, 6) is -3.36. The fraction of sp³-hybridized carbons (Fsp3) is 0.667. The van der Waals surface area contributed by atoms with E-state index in [9.17, 15) is 19.2 Å². The first-order valence-electron chi connectivity index (χ1n) is 6.71. The van der Waals surface area contributed by atoms with Gasteiger partial charge in [0.25, 0.3) is 0 Å². The SMILES string of the molecule is CN(C)SC[C@H](NC(=O)CC[C@H](N)C(=O)O)C(=O)NCC(=O)O. The molecule has 0 saturated heterocycles. The maximum atomic E-state index is 11.9. The standard InChI is InChI=1S/C12H22N4O6S/c1-16(2)23-6-8(11(20)14-5-10(18)19)15-9(17)4-3-7(13)12(21)22/h7-8H,3-6,13H2,1-2H3,(H,14,20)(H,15,17)(H,18,19)(H,21,22)/t7-,8-/m0/s1. The molecule has 0 radical (unpaired) electrons. The van der Waals surface area contributed by atoms with E-state index in [0.717, 1.165) is 0 Å². The van der Waals surface area contributed by atoms with Gasteiger partial charge in [-0.25, -0.2) is 0 Å². The van der Waals surface area contributed by atoms with Crippen molar-refractivity contribution in [1.82, 2.24) is 14.9 Å². The van der Waals surface area contributed by atoms with Crippen molar-refractivity contribution in [3.05, 3.63) is 0 Å². The van der Waals surface area contributed by atoms with E-state index in [1.54, 1.807) is 18.4 Å². The van der Waals surface area contributed by atoms with Crippen LogP contribution in [0.1, 0.15) is 12.8 Å². The van der Waals surface area contributed by atoms with Crippen molar-refractivity contribution < 1.29 is 29.4 Å². The normalized spacial score (nSPS) is 13.2.